The smallest absolute Gasteiger partial charge is 0.370 e. The number of nitrogens with one attached hydrogen (secondary N) is 2. The largest absolute Gasteiger partial charge is 0.418 e. The molecular weight excluding hydrogens is 389 g/mol. The molecule has 2 aromatic rings. The molecule has 1 atom stereocenters. The number of alkyl halides is 3. The highest BCUT2D eigenvalue weighted by molar-refractivity contribution is 7.92. The molecule has 0 saturated carbocycles. The van der Waals surface area contributed by atoms with E-state index in [4.69, 9.17) is 0 Å². The predicted molar refractivity (Wildman–Crippen MR) is 94.0 cm³/mol. The SMILES string of the molecule is CN(c1ccc(S(=O)(=O)Nc2cscn2)cc1C(F)(F)F)[C@H]1CCNC1. The molecule has 0 bridgehead atoms. The van der Waals surface area contributed by atoms with E-state index in [-0.39, 0.29) is 17.5 Å². The van der Waals surface area contributed by atoms with Gasteiger partial charge in [0, 0.05) is 30.7 Å². The standard InChI is InChI=1S/C15H17F3N4O2S2/c1-22(10-4-5-19-7-10)13-3-2-11(6-12(13)15(16,17)18)26(23,24)21-14-8-25-9-20-14/h2-3,6,8-10,19,21H,4-5,7H2,1H3/t10-/m0/s1. The predicted octanol–water partition coefficient (Wildman–Crippen LogP) is 2.76. The van der Waals surface area contributed by atoms with E-state index in [0.717, 1.165) is 13.0 Å². The molecule has 2 heterocycles. The molecule has 26 heavy (non-hydrogen) atoms. The van der Waals surface area contributed by atoms with E-state index in [1.807, 2.05) is 0 Å². The fourth-order valence-electron chi connectivity index (χ4n) is 2.84. The van der Waals surface area contributed by atoms with Gasteiger partial charge in [0.2, 0.25) is 0 Å². The van der Waals surface area contributed by atoms with Crippen molar-refractivity contribution in [2.45, 2.75) is 23.5 Å². The van der Waals surface area contributed by atoms with Crippen LogP contribution in [0.5, 0.6) is 0 Å². The number of aromatic nitrogens is 1. The first-order chi connectivity index (χ1) is 12.2. The van der Waals surface area contributed by atoms with Gasteiger partial charge >= 0.3 is 6.18 Å². The molecule has 0 aliphatic carbocycles. The van der Waals surface area contributed by atoms with Crippen LogP contribution in [0.25, 0.3) is 0 Å². The van der Waals surface area contributed by atoms with Crippen molar-refractivity contribution in [1.82, 2.24) is 10.3 Å². The number of hydrogen-bond donors (Lipinski definition) is 2. The number of hydrogen-bond acceptors (Lipinski definition) is 6. The molecule has 0 amide bonds. The van der Waals surface area contributed by atoms with Crippen molar-refractivity contribution < 1.29 is 21.6 Å². The molecule has 1 aliphatic rings. The number of likely N-dealkylation sites (N-methyl/N-ethyl adjacent to an activating group) is 1. The number of nitrogens with zero attached hydrogens (tertiary/aromatic N) is 2. The third kappa shape index (κ3) is 3.94. The van der Waals surface area contributed by atoms with Gasteiger partial charge in [0.1, 0.15) is 0 Å². The molecule has 1 aromatic carbocycles. The first-order valence-corrected chi connectivity index (χ1v) is 10.2. The van der Waals surface area contributed by atoms with Crippen LogP contribution in [-0.4, -0.2) is 39.6 Å². The third-order valence-electron chi connectivity index (χ3n) is 4.22. The highest BCUT2D eigenvalue weighted by atomic mass is 32.2. The lowest BCUT2D eigenvalue weighted by atomic mass is 10.1. The van der Waals surface area contributed by atoms with Gasteiger partial charge in [-0.05, 0) is 31.2 Å². The molecule has 142 valence electrons. The van der Waals surface area contributed by atoms with E-state index in [1.54, 1.807) is 11.9 Å². The Kier molecular flexibility index (Phi) is 5.13. The molecule has 3 rings (SSSR count). The molecule has 2 N–H and O–H groups in total. The lowest BCUT2D eigenvalue weighted by Gasteiger charge is -2.29. The van der Waals surface area contributed by atoms with Gasteiger partial charge in [-0.15, -0.1) is 11.3 Å². The van der Waals surface area contributed by atoms with Crippen LogP contribution in [0, 0.1) is 0 Å². The molecule has 1 aromatic heterocycles. The number of anilines is 2. The van der Waals surface area contributed by atoms with Crippen LogP contribution >= 0.6 is 11.3 Å². The number of thiazole rings is 1. The highest BCUT2D eigenvalue weighted by Gasteiger charge is 2.37. The first kappa shape index (κ1) is 18.9. The van der Waals surface area contributed by atoms with Crippen molar-refractivity contribution in [2.75, 3.05) is 29.8 Å². The van der Waals surface area contributed by atoms with Gasteiger partial charge in [-0.2, -0.15) is 13.2 Å². The van der Waals surface area contributed by atoms with Crippen LogP contribution in [0.3, 0.4) is 0 Å². The second-order valence-corrected chi connectivity index (χ2v) is 8.31. The molecular formula is C15H17F3N4O2S2. The van der Waals surface area contributed by atoms with E-state index in [9.17, 15) is 21.6 Å². The lowest BCUT2D eigenvalue weighted by molar-refractivity contribution is -0.137. The van der Waals surface area contributed by atoms with E-state index in [1.165, 1.54) is 34.4 Å². The summed E-state index contributed by atoms with van der Waals surface area (Å²) in [5.41, 5.74) is 0.402. The van der Waals surface area contributed by atoms with Gasteiger partial charge in [0.05, 0.1) is 16.0 Å². The summed E-state index contributed by atoms with van der Waals surface area (Å²) >= 11 is 1.17. The van der Waals surface area contributed by atoms with Crippen molar-refractivity contribution in [2.24, 2.45) is 0 Å². The van der Waals surface area contributed by atoms with Gasteiger partial charge in [-0.1, -0.05) is 0 Å². The van der Waals surface area contributed by atoms with E-state index in [0.29, 0.717) is 12.6 Å². The fourth-order valence-corrected chi connectivity index (χ4v) is 4.43. The molecule has 11 heteroatoms. The normalized spacial score (nSPS) is 18.1. The Hall–Kier alpha value is -1.85. The zero-order valence-corrected chi connectivity index (χ0v) is 15.4. The number of benzene rings is 1. The number of halogens is 3. The van der Waals surface area contributed by atoms with Crippen LogP contribution in [0.15, 0.2) is 34.0 Å². The van der Waals surface area contributed by atoms with Gasteiger partial charge in [0.25, 0.3) is 10.0 Å². The minimum absolute atomic E-state index is 0.0428. The summed E-state index contributed by atoms with van der Waals surface area (Å²) in [6.45, 7) is 1.32. The summed E-state index contributed by atoms with van der Waals surface area (Å²) in [6, 6.07) is 2.98. The average molecular weight is 406 g/mol. The third-order valence-corrected chi connectivity index (χ3v) is 6.16. The minimum Gasteiger partial charge on any atom is -0.370 e. The maximum Gasteiger partial charge on any atom is 0.418 e. The maximum atomic E-state index is 13.6. The molecule has 6 nitrogen and oxygen atoms in total. The van der Waals surface area contributed by atoms with Crippen LogP contribution in [0.4, 0.5) is 24.7 Å². The number of sulfonamides is 1. The Morgan fingerprint density at radius 1 is 1.38 bits per heavy atom. The van der Waals surface area contributed by atoms with Crippen LogP contribution in [-0.2, 0) is 16.2 Å². The Bertz CT molecular complexity index is 864. The maximum absolute atomic E-state index is 13.6. The minimum atomic E-state index is -4.68. The van der Waals surface area contributed by atoms with Crippen LogP contribution in [0.2, 0.25) is 0 Å². The number of rotatable bonds is 5. The Labute approximate surface area is 153 Å². The van der Waals surface area contributed by atoms with Crippen LogP contribution < -0.4 is 14.9 Å². The topological polar surface area (TPSA) is 74.3 Å². The lowest BCUT2D eigenvalue weighted by Crippen LogP contribution is -2.34. The second-order valence-electron chi connectivity index (χ2n) is 5.91. The average Bonchev–Trinajstić information content (AvgIpc) is 3.26. The van der Waals surface area contributed by atoms with Gasteiger partial charge in [-0.25, -0.2) is 13.4 Å². The van der Waals surface area contributed by atoms with E-state index < -0.39 is 26.7 Å². The monoisotopic (exact) mass is 406 g/mol. The highest BCUT2D eigenvalue weighted by Crippen LogP contribution is 2.38. The Morgan fingerprint density at radius 2 is 2.15 bits per heavy atom. The van der Waals surface area contributed by atoms with Crippen LogP contribution in [0.1, 0.15) is 12.0 Å². The van der Waals surface area contributed by atoms with E-state index >= 15 is 0 Å². The summed E-state index contributed by atoms with van der Waals surface area (Å²) in [6.07, 6.45) is -3.96. The molecule has 1 aliphatic heterocycles. The molecule has 1 fully saturated rings. The summed E-state index contributed by atoms with van der Waals surface area (Å²) < 4.78 is 67.7. The molecule has 0 spiro atoms. The zero-order chi connectivity index (χ0) is 18.9. The van der Waals surface area contributed by atoms with Crippen molar-refractivity contribution in [3.8, 4) is 0 Å². The molecule has 1 saturated heterocycles. The van der Waals surface area contributed by atoms with Gasteiger partial charge < -0.3 is 10.2 Å². The second kappa shape index (κ2) is 7.05. The van der Waals surface area contributed by atoms with E-state index in [2.05, 4.69) is 15.0 Å². The van der Waals surface area contributed by atoms with Crippen molar-refractivity contribution in [3.05, 3.63) is 34.7 Å². The summed E-state index contributed by atoms with van der Waals surface area (Å²) in [4.78, 5) is 4.88. The fraction of sp³-hybridized carbons (Fsp3) is 0.400. The van der Waals surface area contributed by atoms with Crippen molar-refractivity contribution in [3.63, 3.8) is 0 Å². The quantitative estimate of drug-likeness (QED) is 0.799. The van der Waals surface area contributed by atoms with Gasteiger partial charge in [-0.3, -0.25) is 4.72 Å². The summed E-state index contributed by atoms with van der Waals surface area (Å²) in [5, 5.41) is 4.56. The molecule has 0 radical (unpaired) electrons. The van der Waals surface area contributed by atoms with Crippen molar-refractivity contribution in [1.29, 1.82) is 0 Å². The van der Waals surface area contributed by atoms with Gasteiger partial charge in [0.15, 0.2) is 5.82 Å². The molecule has 0 unspecified atom stereocenters. The summed E-state index contributed by atoms with van der Waals surface area (Å²) in [5.74, 6) is 0.0711. The zero-order valence-electron chi connectivity index (χ0n) is 13.7. The Balaban J connectivity index is 1.98. The summed E-state index contributed by atoms with van der Waals surface area (Å²) in [7, 11) is -2.58. The first-order valence-electron chi connectivity index (χ1n) is 7.74. The van der Waals surface area contributed by atoms with Crippen molar-refractivity contribution >= 4 is 32.9 Å². The Morgan fingerprint density at radius 3 is 2.73 bits per heavy atom.